The van der Waals surface area contributed by atoms with Gasteiger partial charge in [-0.25, -0.2) is 9.38 Å². The topological polar surface area (TPSA) is 32.7 Å². The van der Waals surface area contributed by atoms with E-state index in [1.54, 1.807) is 7.05 Å². The number of carbonyl (C=O) groups excluding carboxylic acids is 1. The quantitative estimate of drug-likeness (QED) is 0.667. The molecule has 1 aromatic carbocycles. The van der Waals surface area contributed by atoms with Crippen molar-refractivity contribution in [2.24, 2.45) is 4.99 Å². The Labute approximate surface area is 91.2 Å². The van der Waals surface area contributed by atoms with Crippen LogP contribution in [0.3, 0.4) is 0 Å². The Morgan fingerprint density at radius 2 is 2.27 bits per heavy atom. The van der Waals surface area contributed by atoms with E-state index in [4.69, 9.17) is 11.6 Å². The SMILES string of the molecule is CN1CC(Cl)=Nc2ccc(F)cc2C1=O. The van der Waals surface area contributed by atoms with E-state index in [0.29, 0.717) is 10.9 Å². The highest BCUT2D eigenvalue weighted by Crippen LogP contribution is 2.24. The molecule has 0 fully saturated rings. The van der Waals surface area contributed by atoms with Crippen LogP contribution in [0.1, 0.15) is 10.4 Å². The summed E-state index contributed by atoms with van der Waals surface area (Å²) in [4.78, 5) is 17.2. The Kier molecular flexibility index (Phi) is 2.44. The van der Waals surface area contributed by atoms with Crippen molar-refractivity contribution in [1.29, 1.82) is 0 Å². The first-order valence-corrected chi connectivity index (χ1v) is 4.74. The number of hydrogen-bond donors (Lipinski definition) is 0. The molecule has 0 saturated carbocycles. The number of aliphatic imine (C=N–C) groups is 1. The van der Waals surface area contributed by atoms with Gasteiger partial charge in [-0.3, -0.25) is 4.79 Å². The first-order chi connectivity index (χ1) is 7.08. The summed E-state index contributed by atoms with van der Waals surface area (Å²) in [7, 11) is 1.60. The van der Waals surface area contributed by atoms with Gasteiger partial charge in [0.1, 0.15) is 11.0 Å². The Bertz CT molecular complexity index is 459. The number of hydrogen-bond acceptors (Lipinski definition) is 2. The molecule has 1 heterocycles. The lowest BCUT2D eigenvalue weighted by Gasteiger charge is -2.13. The van der Waals surface area contributed by atoms with Crippen LogP contribution in [0.4, 0.5) is 10.1 Å². The third-order valence-electron chi connectivity index (χ3n) is 2.15. The monoisotopic (exact) mass is 226 g/mol. The second kappa shape index (κ2) is 3.62. The van der Waals surface area contributed by atoms with Crippen LogP contribution in [0.25, 0.3) is 0 Å². The number of amides is 1. The summed E-state index contributed by atoms with van der Waals surface area (Å²) >= 11 is 5.81. The van der Waals surface area contributed by atoms with E-state index in [-0.39, 0.29) is 18.0 Å². The fourth-order valence-electron chi connectivity index (χ4n) is 1.42. The lowest BCUT2D eigenvalue weighted by atomic mass is 10.1. The maximum absolute atomic E-state index is 13.0. The smallest absolute Gasteiger partial charge is 0.256 e. The zero-order valence-electron chi connectivity index (χ0n) is 8.00. The predicted octanol–water partition coefficient (Wildman–Crippen LogP) is 2.18. The third kappa shape index (κ3) is 1.85. The van der Waals surface area contributed by atoms with Gasteiger partial charge in [0, 0.05) is 7.05 Å². The number of carbonyl (C=O) groups is 1. The molecule has 1 amide bonds. The van der Waals surface area contributed by atoms with Crippen molar-refractivity contribution in [1.82, 2.24) is 4.90 Å². The normalized spacial score (nSPS) is 15.8. The van der Waals surface area contributed by atoms with E-state index >= 15 is 0 Å². The standard InChI is InChI=1S/C10H8ClFN2O/c1-14-5-9(11)13-8-3-2-6(12)4-7(8)10(14)15/h2-4H,5H2,1H3. The number of rotatable bonds is 0. The average molecular weight is 227 g/mol. The molecule has 1 aromatic rings. The fraction of sp³-hybridized carbons (Fsp3) is 0.200. The van der Waals surface area contributed by atoms with Crippen molar-refractivity contribution in [3.63, 3.8) is 0 Å². The minimum Gasteiger partial charge on any atom is -0.335 e. The summed E-state index contributed by atoms with van der Waals surface area (Å²) in [6.45, 7) is 0.247. The van der Waals surface area contributed by atoms with Crippen molar-refractivity contribution in [2.45, 2.75) is 0 Å². The van der Waals surface area contributed by atoms with Gasteiger partial charge < -0.3 is 4.90 Å². The van der Waals surface area contributed by atoms with E-state index < -0.39 is 5.82 Å². The van der Waals surface area contributed by atoms with Crippen molar-refractivity contribution in [3.05, 3.63) is 29.6 Å². The molecular formula is C10H8ClFN2O. The molecule has 0 N–H and O–H groups in total. The largest absolute Gasteiger partial charge is 0.335 e. The molecule has 0 aliphatic carbocycles. The minimum atomic E-state index is -0.455. The molecule has 3 nitrogen and oxygen atoms in total. The first kappa shape index (κ1) is 10.1. The van der Waals surface area contributed by atoms with Gasteiger partial charge in [0.15, 0.2) is 0 Å². The molecule has 0 spiro atoms. The number of fused-ring (bicyclic) bond motifs is 1. The maximum Gasteiger partial charge on any atom is 0.256 e. The van der Waals surface area contributed by atoms with E-state index in [2.05, 4.69) is 4.99 Å². The molecule has 0 radical (unpaired) electrons. The van der Waals surface area contributed by atoms with Crippen molar-refractivity contribution >= 4 is 28.4 Å². The molecule has 0 saturated heterocycles. The van der Waals surface area contributed by atoms with Crippen LogP contribution in [0.15, 0.2) is 23.2 Å². The van der Waals surface area contributed by atoms with E-state index in [0.717, 1.165) is 0 Å². The van der Waals surface area contributed by atoms with E-state index in [1.165, 1.54) is 23.1 Å². The minimum absolute atomic E-state index is 0.244. The van der Waals surface area contributed by atoms with Crippen LogP contribution in [0.5, 0.6) is 0 Å². The number of nitrogens with zero attached hydrogens (tertiary/aromatic N) is 2. The Hall–Kier alpha value is -1.42. The number of benzene rings is 1. The fourth-order valence-corrected chi connectivity index (χ4v) is 1.69. The second-order valence-corrected chi connectivity index (χ2v) is 3.75. The van der Waals surface area contributed by atoms with Gasteiger partial charge in [-0.15, -0.1) is 0 Å². The molecule has 78 valence electrons. The van der Waals surface area contributed by atoms with Gasteiger partial charge in [-0.2, -0.15) is 0 Å². The molecule has 0 aromatic heterocycles. The highest BCUT2D eigenvalue weighted by molar-refractivity contribution is 6.66. The lowest BCUT2D eigenvalue weighted by molar-refractivity contribution is 0.0817. The number of halogens is 2. The molecule has 5 heteroatoms. The van der Waals surface area contributed by atoms with Crippen LogP contribution in [0, 0.1) is 5.82 Å². The summed E-state index contributed by atoms with van der Waals surface area (Å²) in [5, 5.41) is 0.316. The highest BCUT2D eigenvalue weighted by Gasteiger charge is 2.21. The van der Waals surface area contributed by atoms with E-state index in [1.807, 2.05) is 0 Å². The zero-order chi connectivity index (χ0) is 11.0. The Balaban J connectivity index is 2.61. The lowest BCUT2D eigenvalue weighted by Crippen LogP contribution is -2.29. The molecule has 2 rings (SSSR count). The van der Waals surface area contributed by atoms with Gasteiger partial charge >= 0.3 is 0 Å². The molecule has 0 atom stereocenters. The summed E-state index contributed by atoms with van der Waals surface area (Å²) in [5.74, 6) is -0.729. The third-order valence-corrected chi connectivity index (χ3v) is 2.35. The Morgan fingerprint density at radius 3 is 3.00 bits per heavy atom. The summed E-state index contributed by atoms with van der Waals surface area (Å²) in [5.41, 5.74) is 0.656. The van der Waals surface area contributed by atoms with Gasteiger partial charge in [0.25, 0.3) is 5.91 Å². The highest BCUT2D eigenvalue weighted by atomic mass is 35.5. The van der Waals surface area contributed by atoms with Gasteiger partial charge in [0.05, 0.1) is 17.8 Å². The second-order valence-electron chi connectivity index (χ2n) is 3.31. The van der Waals surface area contributed by atoms with Gasteiger partial charge in [-0.1, -0.05) is 11.6 Å². The van der Waals surface area contributed by atoms with Gasteiger partial charge in [0.2, 0.25) is 0 Å². The Morgan fingerprint density at radius 1 is 1.53 bits per heavy atom. The molecule has 0 bridgehead atoms. The van der Waals surface area contributed by atoms with E-state index in [9.17, 15) is 9.18 Å². The van der Waals surface area contributed by atoms with Crippen LogP contribution in [-0.4, -0.2) is 29.6 Å². The summed E-state index contributed by atoms with van der Waals surface area (Å²) < 4.78 is 13.0. The summed E-state index contributed by atoms with van der Waals surface area (Å²) in [6.07, 6.45) is 0. The summed E-state index contributed by atoms with van der Waals surface area (Å²) in [6, 6.07) is 3.88. The zero-order valence-corrected chi connectivity index (χ0v) is 8.75. The average Bonchev–Trinajstić information content (AvgIpc) is 2.27. The molecule has 15 heavy (non-hydrogen) atoms. The predicted molar refractivity (Wildman–Crippen MR) is 56.3 cm³/mol. The van der Waals surface area contributed by atoms with Crippen molar-refractivity contribution < 1.29 is 9.18 Å². The maximum atomic E-state index is 13.0. The van der Waals surface area contributed by atoms with Crippen molar-refractivity contribution in [3.8, 4) is 0 Å². The van der Waals surface area contributed by atoms with Crippen LogP contribution >= 0.6 is 11.6 Å². The molecule has 1 aliphatic heterocycles. The van der Waals surface area contributed by atoms with Gasteiger partial charge in [-0.05, 0) is 18.2 Å². The van der Waals surface area contributed by atoms with Crippen molar-refractivity contribution in [2.75, 3.05) is 13.6 Å². The van der Waals surface area contributed by atoms with Crippen LogP contribution < -0.4 is 0 Å². The van der Waals surface area contributed by atoms with Crippen LogP contribution in [0.2, 0.25) is 0 Å². The first-order valence-electron chi connectivity index (χ1n) is 4.36. The van der Waals surface area contributed by atoms with Crippen LogP contribution in [-0.2, 0) is 0 Å². The molecular weight excluding hydrogens is 219 g/mol. The molecule has 1 aliphatic rings. The molecule has 0 unspecified atom stereocenters.